The number of likely N-dealkylation sites (N-methyl/N-ethyl adjacent to an activating group) is 1. The molecule has 7 heteroatoms. The minimum Gasteiger partial charge on any atom is -0.364 e. The SMILES string of the molecule is C=Cc1ncccc1/C=C(\C)c1cc2cc(N3CCN(C)CC3)c(=O)[nH]c2nc1-c1ccc(C)s1. The maximum Gasteiger partial charge on any atom is 0.273 e. The molecule has 0 aliphatic carbocycles. The molecule has 178 valence electrons. The van der Waals surface area contributed by atoms with Gasteiger partial charge in [0.1, 0.15) is 11.3 Å². The van der Waals surface area contributed by atoms with Crippen LogP contribution in [0.25, 0.3) is 39.3 Å². The molecule has 4 aromatic heterocycles. The fraction of sp³-hybridized carbons (Fsp3) is 0.250. The second kappa shape index (κ2) is 9.60. The van der Waals surface area contributed by atoms with Crippen molar-refractivity contribution < 1.29 is 0 Å². The molecular formula is C28H29N5OS. The third kappa shape index (κ3) is 4.70. The van der Waals surface area contributed by atoms with E-state index in [1.54, 1.807) is 23.6 Å². The molecule has 4 aromatic rings. The number of aromatic amines is 1. The monoisotopic (exact) mass is 483 g/mol. The highest BCUT2D eigenvalue weighted by Gasteiger charge is 2.19. The van der Waals surface area contributed by atoms with Crippen LogP contribution in [-0.2, 0) is 0 Å². The van der Waals surface area contributed by atoms with Crippen LogP contribution in [0.1, 0.15) is 28.6 Å². The van der Waals surface area contributed by atoms with Gasteiger partial charge in [-0.15, -0.1) is 11.3 Å². The molecule has 0 atom stereocenters. The normalized spacial score (nSPS) is 15.1. The van der Waals surface area contributed by atoms with E-state index < -0.39 is 0 Å². The van der Waals surface area contributed by atoms with Crippen molar-refractivity contribution in [3.8, 4) is 10.6 Å². The lowest BCUT2D eigenvalue weighted by molar-refractivity contribution is 0.312. The van der Waals surface area contributed by atoms with Crippen LogP contribution in [0.5, 0.6) is 0 Å². The molecule has 1 N–H and O–H groups in total. The summed E-state index contributed by atoms with van der Waals surface area (Å²) in [5.74, 6) is 0. The molecule has 0 aromatic carbocycles. The minimum absolute atomic E-state index is 0.0890. The Hall–Kier alpha value is -3.55. The number of piperazine rings is 1. The van der Waals surface area contributed by atoms with Crippen molar-refractivity contribution in [2.45, 2.75) is 13.8 Å². The van der Waals surface area contributed by atoms with E-state index in [0.29, 0.717) is 11.3 Å². The molecular weight excluding hydrogens is 454 g/mol. The Morgan fingerprint density at radius 2 is 1.97 bits per heavy atom. The van der Waals surface area contributed by atoms with Crippen LogP contribution in [0.4, 0.5) is 5.69 Å². The number of hydrogen-bond acceptors (Lipinski definition) is 6. The summed E-state index contributed by atoms with van der Waals surface area (Å²) >= 11 is 1.70. The lowest BCUT2D eigenvalue weighted by Gasteiger charge is -2.33. The molecule has 1 aliphatic rings. The number of nitrogens with one attached hydrogen (secondary N) is 1. The predicted octanol–water partition coefficient (Wildman–Crippen LogP) is 5.31. The van der Waals surface area contributed by atoms with Gasteiger partial charge in [0.15, 0.2) is 0 Å². The summed E-state index contributed by atoms with van der Waals surface area (Å²) in [5.41, 5.74) is 6.06. The van der Waals surface area contributed by atoms with E-state index in [0.717, 1.165) is 64.5 Å². The highest BCUT2D eigenvalue weighted by molar-refractivity contribution is 7.15. The van der Waals surface area contributed by atoms with Gasteiger partial charge in [-0.1, -0.05) is 12.6 Å². The van der Waals surface area contributed by atoms with Gasteiger partial charge in [-0.25, -0.2) is 4.98 Å². The van der Waals surface area contributed by atoms with Crippen molar-refractivity contribution in [1.29, 1.82) is 0 Å². The van der Waals surface area contributed by atoms with Gasteiger partial charge in [-0.2, -0.15) is 0 Å². The van der Waals surface area contributed by atoms with Gasteiger partial charge >= 0.3 is 0 Å². The van der Waals surface area contributed by atoms with Crippen LogP contribution in [0.2, 0.25) is 0 Å². The lowest BCUT2D eigenvalue weighted by Crippen LogP contribution is -2.46. The Balaban J connectivity index is 1.68. The first-order chi connectivity index (χ1) is 16.9. The number of thiophene rings is 1. The van der Waals surface area contributed by atoms with E-state index in [-0.39, 0.29) is 5.56 Å². The molecule has 1 aliphatic heterocycles. The smallest absolute Gasteiger partial charge is 0.273 e. The van der Waals surface area contributed by atoms with Crippen LogP contribution in [0.3, 0.4) is 0 Å². The number of nitrogens with zero attached hydrogens (tertiary/aromatic N) is 4. The topological polar surface area (TPSA) is 65.1 Å². The van der Waals surface area contributed by atoms with Gasteiger partial charge < -0.3 is 14.8 Å². The molecule has 5 rings (SSSR count). The zero-order valence-electron chi connectivity index (χ0n) is 20.3. The molecule has 0 spiro atoms. The molecule has 0 unspecified atom stereocenters. The summed E-state index contributed by atoms with van der Waals surface area (Å²) in [7, 11) is 2.11. The molecule has 1 saturated heterocycles. The number of allylic oxidation sites excluding steroid dienone is 1. The lowest BCUT2D eigenvalue weighted by atomic mass is 9.99. The Kier molecular flexibility index (Phi) is 6.36. The number of rotatable bonds is 5. The first-order valence-electron chi connectivity index (χ1n) is 11.8. The maximum absolute atomic E-state index is 13.0. The van der Waals surface area contributed by atoms with E-state index in [4.69, 9.17) is 4.98 Å². The standard InChI is InChI=1S/C28H29N5OS/c1-5-23-20(7-6-10-29-23)15-18(2)22-16-21-17-24(33-13-11-32(4)12-14-33)28(34)31-27(21)30-26(22)25-9-8-19(3)35-25/h5-10,15-17H,1,11-14H2,2-4H3,(H,30,31,34)/b18-15+. The number of fused-ring (bicyclic) bond motifs is 1. The van der Waals surface area contributed by atoms with Gasteiger partial charge in [0.25, 0.3) is 5.56 Å². The van der Waals surface area contributed by atoms with E-state index in [2.05, 4.69) is 71.5 Å². The molecule has 35 heavy (non-hydrogen) atoms. The molecule has 0 saturated carbocycles. The number of anilines is 1. The number of aromatic nitrogens is 3. The van der Waals surface area contributed by atoms with Gasteiger partial charge in [0.2, 0.25) is 0 Å². The van der Waals surface area contributed by atoms with Crippen molar-refractivity contribution in [1.82, 2.24) is 19.9 Å². The summed E-state index contributed by atoms with van der Waals surface area (Å²) in [6.45, 7) is 11.6. The Morgan fingerprint density at radius 1 is 1.17 bits per heavy atom. The fourth-order valence-corrected chi connectivity index (χ4v) is 5.36. The molecule has 1 fully saturated rings. The van der Waals surface area contributed by atoms with Crippen molar-refractivity contribution in [2.75, 3.05) is 38.1 Å². The van der Waals surface area contributed by atoms with Crippen molar-refractivity contribution in [3.05, 3.63) is 81.2 Å². The highest BCUT2D eigenvalue weighted by atomic mass is 32.1. The largest absolute Gasteiger partial charge is 0.364 e. The van der Waals surface area contributed by atoms with Crippen molar-refractivity contribution in [3.63, 3.8) is 0 Å². The third-order valence-corrected chi connectivity index (χ3v) is 7.50. The Morgan fingerprint density at radius 3 is 2.69 bits per heavy atom. The molecule has 5 heterocycles. The van der Waals surface area contributed by atoms with Crippen LogP contribution < -0.4 is 10.5 Å². The second-order valence-corrected chi connectivity index (χ2v) is 10.3. The second-order valence-electron chi connectivity index (χ2n) is 9.02. The average molecular weight is 484 g/mol. The number of aryl methyl sites for hydroxylation is 1. The Bertz CT molecular complexity index is 1490. The van der Waals surface area contributed by atoms with Crippen LogP contribution >= 0.6 is 11.3 Å². The van der Waals surface area contributed by atoms with Gasteiger partial charge in [0.05, 0.1) is 16.3 Å². The Labute approximate surface area is 209 Å². The molecule has 0 bridgehead atoms. The number of pyridine rings is 3. The van der Waals surface area contributed by atoms with E-state index in [1.807, 2.05) is 18.2 Å². The highest BCUT2D eigenvalue weighted by Crippen LogP contribution is 2.35. The molecule has 6 nitrogen and oxygen atoms in total. The predicted molar refractivity (Wildman–Crippen MR) is 148 cm³/mol. The number of H-pyrrole nitrogens is 1. The van der Waals surface area contributed by atoms with Gasteiger partial charge in [0, 0.05) is 53.8 Å². The average Bonchev–Trinajstić information content (AvgIpc) is 3.30. The maximum atomic E-state index is 13.0. The van der Waals surface area contributed by atoms with Crippen LogP contribution in [-0.4, -0.2) is 53.1 Å². The van der Waals surface area contributed by atoms with E-state index in [1.165, 1.54) is 4.88 Å². The van der Waals surface area contributed by atoms with E-state index in [9.17, 15) is 4.79 Å². The molecule has 0 radical (unpaired) electrons. The van der Waals surface area contributed by atoms with E-state index >= 15 is 0 Å². The molecule has 0 amide bonds. The quantitative estimate of drug-likeness (QED) is 0.417. The summed E-state index contributed by atoms with van der Waals surface area (Å²) < 4.78 is 0. The summed E-state index contributed by atoms with van der Waals surface area (Å²) in [6, 6.07) is 12.3. The van der Waals surface area contributed by atoms with Gasteiger partial charge in [-0.05, 0) is 69.0 Å². The summed E-state index contributed by atoms with van der Waals surface area (Å²) in [4.78, 5) is 32.2. The van der Waals surface area contributed by atoms with Crippen molar-refractivity contribution >= 4 is 45.8 Å². The first-order valence-corrected chi connectivity index (χ1v) is 12.6. The van der Waals surface area contributed by atoms with Gasteiger partial charge in [-0.3, -0.25) is 9.78 Å². The fourth-order valence-electron chi connectivity index (χ4n) is 4.49. The summed E-state index contributed by atoms with van der Waals surface area (Å²) in [5, 5.41) is 0.924. The van der Waals surface area contributed by atoms with Crippen LogP contribution in [0, 0.1) is 6.92 Å². The summed E-state index contributed by atoms with van der Waals surface area (Å²) in [6.07, 6.45) is 5.68. The zero-order valence-corrected chi connectivity index (χ0v) is 21.2. The zero-order chi connectivity index (χ0) is 24.5. The van der Waals surface area contributed by atoms with Crippen LogP contribution in [0.15, 0.2) is 54.0 Å². The van der Waals surface area contributed by atoms with Crippen molar-refractivity contribution in [2.24, 2.45) is 0 Å². The number of hydrogen-bond donors (Lipinski definition) is 1. The minimum atomic E-state index is -0.0890. The first kappa shape index (κ1) is 23.2. The third-order valence-electron chi connectivity index (χ3n) is 6.49.